The van der Waals surface area contributed by atoms with Crippen LogP contribution in [0.25, 0.3) is 0 Å². The standard InChI is InChI=1S/C19H30N2O2S/c1-4-6-8-12-23-18(22)14-20-19(24)21-17-11-10-16(9-7-5-2)13-15(17)3/h10-11,13H,4-9,12,14H2,1-3H3,(H2,20,21,24). The SMILES string of the molecule is CCCCCOC(=O)CNC(=S)Nc1ccc(CCCC)cc1C. The monoisotopic (exact) mass is 350 g/mol. The van der Waals surface area contributed by atoms with Crippen molar-refractivity contribution in [2.75, 3.05) is 18.5 Å². The van der Waals surface area contributed by atoms with E-state index in [2.05, 4.69) is 43.5 Å². The summed E-state index contributed by atoms with van der Waals surface area (Å²) < 4.78 is 5.13. The van der Waals surface area contributed by atoms with Gasteiger partial charge in [-0.25, -0.2) is 0 Å². The molecule has 0 aliphatic carbocycles. The number of hydrogen-bond donors (Lipinski definition) is 2. The lowest BCUT2D eigenvalue weighted by Crippen LogP contribution is -2.34. The van der Waals surface area contributed by atoms with Crippen molar-refractivity contribution >= 4 is 29.0 Å². The highest BCUT2D eigenvalue weighted by molar-refractivity contribution is 7.80. The van der Waals surface area contributed by atoms with Crippen molar-refractivity contribution in [2.45, 2.75) is 59.3 Å². The smallest absolute Gasteiger partial charge is 0.325 e. The lowest BCUT2D eigenvalue weighted by atomic mass is 10.0. The molecule has 134 valence electrons. The predicted octanol–water partition coefficient (Wildman–Crippen LogP) is 4.36. The Balaban J connectivity index is 2.35. The van der Waals surface area contributed by atoms with Gasteiger partial charge in [0.25, 0.3) is 0 Å². The summed E-state index contributed by atoms with van der Waals surface area (Å²) in [7, 11) is 0. The number of unbranched alkanes of at least 4 members (excludes halogenated alkanes) is 3. The van der Waals surface area contributed by atoms with Crippen molar-refractivity contribution in [1.29, 1.82) is 0 Å². The molecule has 0 fully saturated rings. The Hall–Kier alpha value is -1.62. The molecule has 0 bridgehead atoms. The molecule has 0 saturated heterocycles. The van der Waals surface area contributed by atoms with Crippen molar-refractivity contribution < 1.29 is 9.53 Å². The zero-order valence-electron chi connectivity index (χ0n) is 15.1. The van der Waals surface area contributed by atoms with Gasteiger partial charge >= 0.3 is 5.97 Å². The number of nitrogens with one attached hydrogen (secondary N) is 2. The Labute approximate surface area is 151 Å². The second kappa shape index (κ2) is 11.8. The van der Waals surface area contributed by atoms with Gasteiger partial charge < -0.3 is 15.4 Å². The Morgan fingerprint density at radius 1 is 1.17 bits per heavy atom. The lowest BCUT2D eigenvalue weighted by Gasteiger charge is -2.13. The van der Waals surface area contributed by atoms with E-state index in [-0.39, 0.29) is 12.5 Å². The predicted molar refractivity (Wildman–Crippen MR) is 104 cm³/mol. The summed E-state index contributed by atoms with van der Waals surface area (Å²) in [5, 5.41) is 6.47. The van der Waals surface area contributed by atoms with Crippen molar-refractivity contribution in [3.05, 3.63) is 29.3 Å². The molecule has 0 radical (unpaired) electrons. The van der Waals surface area contributed by atoms with Crippen LogP contribution >= 0.6 is 12.2 Å². The molecule has 1 rings (SSSR count). The first kappa shape index (κ1) is 20.4. The average Bonchev–Trinajstić information content (AvgIpc) is 2.57. The van der Waals surface area contributed by atoms with Gasteiger partial charge in [0.2, 0.25) is 0 Å². The van der Waals surface area contributed by atoms with Crippen LogP contribution < -0.4 is 10.6 Å². The summed E-state index contributed by atoms with van der Waals surface area (Å²) in [6.45, 7) is 6.94. The lowest BCUT2D eigenvalue weighted by molar-refractivity contribution is -0.142. The third kappa shape index (κ3) is 8.29. The second-order valence-corrected chi connectivity index (χ2v) is 6.40. The highest BCUT2D eigenvalue weighted by atomic mass is 32.1. The summed E-state index contributed by atoms with van der Waals surface area (Å²) in [5.41, 5.74) is 3.45. The number of benzene rings is 1. The third-order valence-electron chi connectivity index (χ3n) is 3.76. The number of thiocarbonyl (C=S) groups is 1. The fraction of sp³-hybridized carbons (Fsp3) is 0.579. The van der Waals surface area contributed by atoms with E-state index in [0.717, 1.165) is 36.9 Å². The van der Waals surface area contributed by atoms with E-state index in [1.165, 1.54) is 18.4 Å². The molecule has 1 aromatic rings. The van der Waals surface area contributed by atoms with Crippen LogP contribution in [0.3, 0.4) is 0 Å². The number of esters is 1. The average molecular weight is 351 g/mol. The number of anilines is 1. The summed E-state index contributed by atoms with van der Waals surface area (Å²) in [5.74, 6) is -0.276. The van der Waals surface area contributed by atoms with Gasteiger partial charge in [0, 0.05) is 5.69 Å². The van der Waals surface area contributed by atoms with Gasteiger partial charge in [-0.2, -0.15) is 0 Å². The number of carbonyl (C=O) groups is 1. The minimum atomic E-state index is -0.276. The zero-order chi connectivity index (χ0) is 17.8. The van der Waals surface area contributed by atoms with E-state index in [1.807, 2.05) is 6.07 Å². The first-order valence-electron chi connectivity index (χ1n) is 8.86. The van der Waals surface area contributed by atoms with Crippen LogP contribution in [0.15, 0.2) is 18.2 Å². The molecule has 0 aliphatic rings. The van der Waals surface area contributed by atoms with Crippen LogP contribution in [0.2, 0.25) is 0 Å². The minimum absolute atomic E-state index is 0.0889. The Kier molecular flexibility index (Phi) is 10.1. The maximum atomic E-state index is 11.6. The van der Waals surface area contributed by atoms with Gasteiger partial charge in [-0.05, 0) is 55.6 Å². The Bertz CT molecular complexity index is 532. The molecule has 5 heteroatoms. The first-order valence-corrected chi connectivity index (χ1v) is 9.27. The largest absolute Gasteiger partial charge is 0.464 e. The van der Waals surface area contributed by atoms with E-state index in [4.69, 9.17) is 17.0 Å². The first-order chi connectivity index (χ1) is 11.6. The molecule has 24 heavy (non-hydrogen) atoms. The number of hydrogen-bond acceptors (Lipinski definition) is 3. The van der Waals surface area contributed by atoms with E-state index >= 15 is 0 Å². The van der Waals surface area contributed by atoms with Gasteiger partial charge in [0.1, 0.15) is 6.54 Å². The Morgan fingerprint density at radius 3 is 2.58 bits per heavy atom. The molecule has 0 spiro atoms. The Morgan fingerprint density at radius 2 is 1.92 bits per heavy atom. The molecule has 0 aromatic heterocycles. The molecular weight excluding hydrogens is 320 g/mol. The molecule has 1 aromatic carbocycles. The molecule has 0 amide bonds. The summed E-state index contributed by atoms with van der Waals surface area (Å²) in [6.07, 6.45) is 6.60. The van der Waals surface area contributed by atoms with Crippen molar-refractivity contribution in [1.82, 2.24) is 5.32 Å². The molecular formula is C19H30N2O2S. The highest BCUT2D eigenvalue weighted by Gasteiger charge is 2.06. The zero-order valence-corrected chi connectivity index (χ0v) is 15.9. The summed E-state index contributed by atoms with van der Waals surface area (Å²) >= 11 is 5.24. The highest BCUT2D eigenvalue weighted by Crippen LogP contribution is 2.17. The normalized spacial score (nSPS) is 10.3. The number of aryl methyl sites for hydroxylation is 2. The maximum absolute atomic E-state index is 11.6. The molecule has 0 saturated carbocycles. The van der Waals surface area contributed by atoms with Gasteiger partial charge in [0.15, 0.2) is 5.11 Å². The molecule has 4 nitrogen and oxygen atoms in total. The van der Waals surface area contributed by atoms with Gasteiger partial charge in [-0.3, -0.25) is 4.79 Å². The van der Waals surface area contributed by atoms with Crippen molar-refractivity contribution in [2.24, 2.45) is 0 Å². The third-order valence-corrected chi connectivity index (χ3v) is 4.01. The number of ether oxygens (including phenoxy) is 1. The van der Waals surface area contributed by atoms with Crippen molar-refractivity contribution in [3.8, 4) is 0 Å². The molecule has 0 atom stereocenters. The molecule has 0 aliphatic heterocycles. The van der Waals surface area contributed by atoms with Crippen LogP contribution in [0.5, 0.6) is 0 Å². The van der Waals surface area contributed by atoms with Crippen LogP contribution in [0.4, 0.5) is 5.69 Å². The summed E-state index contributed by atoms with van der Waals surface area (Å²) in [6, 6.07) is 6.34. The maximum Gasteiger partial charge on any atom is 0.325 e. The molecule has 0 heterocycles. The minimum Gasteiger partial charge on any atom is -0.464 e. The topological polar surface area (TPSA) is 50.4 Å². The fourth-order valence-corrected chi connectivity index (χ4v) is 2.49. The van der Waals surface area contributed by atoms with Crippen LogP contribution in [-0.4, -0.2) is 24.2 Å². The van der Waals surface area contributed by atoms with Crippen molar-refractivity contribution in [3.63, 3.8) is 0 Å². The molecule has 2 N–H and O–H groups in total. The van der Waals surface area contributed by atoms with E-state index in [0.29, 0.717) is 11.7 Å². The van der Waals surface area contributed by atoms with Gasteiger partial charge in [0.05, 0.1) is 6.61 Å². The number of rotatable bonds is 10. The van der Waals surface area contributed by atoms with Gasteiger partial charge in [-0.15, -0.1) is 0 Å². The van der Waals surface area contributed by atoms with Crippen LogP contribution in [0.1, 0.15) is 57.1 Å². The van der Waals surface area contributed by atoms with E-state index < -0.39 is 0 Å². The summed E-state index contributed by atoms with van der Waals surface area (Å²) in [4.78, 5) is 11.6. The van der Waals surface area contributed by atoms with Crippen LogP contribution in [-0.2, 0) is 16.0 Å². The van der Waals surface area contributed by atoms with Crippen LogP contribution in [0, 0.1) is 6.92 Å². The number of carbonyl (C=O) groups excluding carboxylic acids is 1. The second-order valence-electron chi connectivity index (χ2n) is 5.99. The van der Waals surface area contributed by atoms with E-state index in [1.54, 1.807) is 0 Å². The van der Waals surface area contributed by atoms with Gasteiger partial charge in [-0.1, -0.05) is 45.2 Å². The molecule has 0 unspecified atom stereocenters. The quantitative estimate of drug-likeness (QED) is 0.373. The van der Waals surface area contributed by atoms with E-state index in [9.17, 15) is 4.79 Å². The fourth-order valence-electron chi connectivity index (χ4n) is 2.31.